The molecule has 1 aromatic heterocycles. The van der Waals surface area contributed by atoms with Gasteiger partial charge in [-0.2, -0.15) is 5.26 Å². The zero-order valence-electron chi connectivity index (χ0n) is 16.8. The van der Waals surface area contributed by atoms with E-state index in [-0.39, 0.29) is 18.0 Å². The SMILES string of the molecule is Cc1ccc(N=Cc2c(C)c(C#N)c(=O)n(CCc3ccccc3)c2O)c(C)c1. The third-order valence-corrected chi connectivity index (χ3v) is 5.00. The van der Waals surface area contributed by atoms with Gasteiger partial charge in [0.05, 0.1) is 11.3 Å². The Hall–Kier alpha value is -3.65. The van der Waals surface area contributed by atoms with Crippen LogP contribution >= 0.6 is 0 Å². The predicted octanol–water partition coefficient (Wildman–Crippen LogP) is 4.34. The highest BCUT2D eigenvalue weighted by Gasteiger charge is 2.18. The molecule has 0 amide bonds. The fourth-order valence-corrected chi connectivity index (χ4v) is 3.30. The molecule has 0 aliphatic heterocycles. The summed E-state index contributed by atoms with van der Waals surface area (Å²) in [6.07, 6.45) is 2.09. The van der Waals surface area contributed by atoms with Crippen LogP contribution < -0.4 is 5.56 Å². The van der Waals surface area contributed by atoms with E-state index in [0.29, 0.717) is 17.5 Å². The molecule has 5 heteroatoms. The first kappa shape index (κ1) is 20.1. The highest BCUT2D eigenvalue weighted by atomic mass is 16.3. The molecular formula is C24H23N3O2. The Morgan fingerprint density at radius 3 is 2.52 bits per heavy atom. The van der Waals surface area contributed by atoms with Crippen LogP contribution in [-0.2, 0) is 13.0 Å². The van der Waals surface area contributed by atoms with Crippen LogP contribution in [0.15, 0.2) is 58.3 Å². The minimum absolute atomic E-state index is 0.0259. The summed E-state index contributed by atoms with van der Waals surface area (Å²) in [6, 6.07) is 17.6. The quantitative estimate of drug-likeness (QED) is 0.664. The fourth-order valence-electron chi connectivity index (χ4n) is 3.30. The van der Waals surface area contributed by atoms with Gasteiger partial charge in [0.2, 0.25) is 5.88 Å². The molecule has 0 aliphatic carbocycles. The Bertz CT molecular complexity index is 1170. The van der Waals surface area contributed by atoms with Crippen molar-refractivity contribution in [2.45, 2.75) is 33.7 Å². The first-order chi connectivity index (χ1) is 13.9. The summed E-state index contributed by atoms with van der Waals surface area (Å²) in [5.74, 6) is -0.170. The summed E-state index contributed by atoms with van der Waals surface area (Å²) in [5, 5.41) is 20.3. The second-order valence-electron chi connectivity index (χ2n) is 7.09. The van der Waals surface area contributed by atoms with Crippen LogP contribution in [0.4, 0.5) is 5.69 Å². The monoisotopic (exact) mass is 385 g/mol. The van der Waals surface area contributed by atoms with E-state index in [4.69, 9.17) is 0 Å². The molecule has 3 rings (SSSR count). The molecule has 0 saturated heterocycles. The zero-order valence-corrected chi connectivity index (χ0v) is 16.8. The first-order valence-electron chi connectivity index (χ1n) is 9.44. The lowest BCUT2D eigenvalue weighted by molar-refractivity contribution is 0.404. The maximum Gasteiger partial charge on any atom is 0.271 e. The van der Waals surface area contributed by atoms with Crippen molar-refractivity contribution in [3.05, 3.63) is 92.3 Å². The second kappa shape index (κ2) is 8.57. The van der Waals surface area contributed by atoms with Crippen LogP contribution in [0.25, 0.3) is 0 Å². The van der Waals surface area contributed by atoms with Crippen molar-refractivity contribution >= 4 is 11.9 Å². The number of benzene rings is 2. The molecule has 0 radical (unpaired) electrons. The first-order valence-corrected chi connectivity index (χ1v) is 9.44. The number of nitriles is 1. The smallest absolute Gasteiger partial charge is 0.271 e. The third-order valence-electron chi connectivity index (χ3n) is 5.00. The summed E-state index contributed by atoms with van der Waals surface area (Å²) >= 11 is 0. The number of aliphatic imine (C=N–C) groups is 1. The largest absolute Gasteiger partial charge is 0.494 e. The number of aromatic nitrogens is 1. The van der Waals surface area contributed by atoms with E-state index in [0.717, 1.165) is 22.4 Å². The van der Waals surface area contributed by atoms with Crippen LogP contribution in [0.2, 0.25) is 0 Å². The predicted molar refractivity (Wildman–Crippen MR) is 115 cm³/mol. The number of nitrogens with zero attached hydrogens (tertiary/aromatic N) is 3. The van der Waals surface area contributed by atoms with Gasteiger partial charge in [-0.3, -0.25) is 14.4 Å². The van der Waals surface area contributed by atoms with Gasteiger partial charge in [0.25, 0.3) is 5.56 Å². The van der Waals surface area contributed by atoms with Crippen molar-refractivity contribution in [2.75, 3.05) is 0 Å². The van der Waals surface area contributed by atoms with Crippen molar-refractivity contribution in [3.8, 4) is 11.9 Å². The number of rotatable bonds is 5. The van der Waals surface area contributed by atoms with Crippen molar-refractivity contribution in [1.82, 2.24) is 4.57 Å². The van der Waals surface area contributed by atoms with E-state index in [1.165, 1.54) is 10.8 Å². The molecule has 0 fully saturated rings. The van der Waals surface area contributed by atoms with Gasteiger partial charge in [0, 0.05) is 12.8 Å². The highest BCUT2D eigenvalue weighted by molar-refractivity contribution is 5.87. The van der Waals surface area contributed by atoms with E-state index in [9.17, 15) is 15.2 Å². The summed E-state index contributed by atoms with van der Waals surface area (Å²) < 4.78 is 1.25. The molecular weight excluding hydrogens is 362 g/mol. The standard InChI is InChI=1S/C24H23N3O2/c1-16-9-10-22(17(2)13-16)26-15-21-18(3)20(14-25)23(28)27(24(21)29)12-11-19-7-5-4-6-8-19/h4-10,13,15,29H,11-12H2,1-3H3. The Labute approximate surface area is 170 Å². The molecule has 1 N–H and O–H groups in total. The second-order valence-corrected chi connectivity index (χ2v) is 7.09. The maximum atomic E-state index is 12.7. The van der Waals surface area contributed by atoms with Crippen LogP contribution in [-0.4, -0.2) is 15.9 Å². The van der Waals surface area contributed by atoms with E-state index in [1.807, 2.05) is 68.4 Å². The third kappa shape index (κ3) is 4.27. The van der Waals surface area contributed by atoms with Gasteiger partial charge in [0.1, 0.15) is 11.6 Å². The summed E-state index contributed by atoms with van der Waals surface area (Å²) in [7, 11) is 0. The molecule has 3 aromatic rings. The number of pyridine rings is 1. The number of aryl methyl sites for hydroxylation is 3. The van der Waals surface area contributed by atoms with Crippen molar-refractivity contribution in [1.29, 1.82) is 5.26 Å². The highest BCUT2D eigenvalue weighted by Crippen LogP contribution is 2.23. The molecule has 0 saturated carbocycles. The summed E-state index contributed by atoms with van der Waals surface area (Å²) in [6.45, 7) is 5.91. The van der Waals surface area contributed by atoms with Gasteiger partial charge in [0.15, 0.2) is 0 Å². The average Bonchev–Trinajstić information content (AvgIpc) is 2.70. The molecule has 0 bridgehead atoms. The summed E-state index contributed by atoms with van der Waals surface area (Å²) in [5.41, 5.74) is 4.32. The molecule has 1 heterocycles. The van der Waals surface area contributed by atoms with Gasteiger partial charge >= 0.3 is 0 Å². The Morgan fingerprint density at radius 1 is 1.14 bits per heavy atom. The molecule has 5 nitrogen and oxygen atoms in total. The van der Waals surface area contributed by atoms with E-state index in [1.54, 1.807) is 6.92 Å². The Kier molecular flexibility index (Phi) is 5.94. The minimum Gasteiger partial charge on any atom is -0.494 e. The van der Waals surface area contributed by atoms with Gasteiger partial charge < -0.3 is 5.11 Å². The van der Waals surface area contributed by atoms with Crippen molar-refractivity contribution in [3.63, 3.8) is 0 Å². The average molecular weight is 385 g/mol. The van der Waals surface area contributed by atoms with Crippen LogP contribution in [0.5, 0.6) is 5.88 Å². The van der Waals surface area contributed by atoms with Crippen LogP contribution in [0.1, 0.15) is 33.4 Å². The number of aromatic hydroxyl groups is 1. The van der Waals surface area contributed by atoms with E-state index < -0.39 is 5.56 Å². The fraction of sp³-hybridized carbons (Fsp3) is 0.208. The van der Waals surface area contributed by atoms with Crippen molar-refractivity contribution in [2.24, 2.45) is 4.99 Å². The number of hydrogen-bond donors (Lipinski definition) is 1. The minimum atomic E-state index is -0.484. The van der Waals surface area contributed by atoms with Crippen molar-refractivity contribution < 1.29 is 5.11 Å². The normalized spacial score (nSPS) is 11.0. The Morgan fingerprint density at radius 2 is 1.86 bits per heavy atom. The topological polar surface area (TPSA) is 78.4 Å². The summed E-state index contributed by atoms with van der Waals surface area (Å²) in [4.78, 5) is 17.2. The van der Waals surface area contributed by atoms with Gasteiger partial charge in [-0.05, 0) is 49.9 Å². The lowest BCUT2D eigenvalue weighted by atomic mass is 10.1. The molecule has 0 atom stereocenters. The van der Waals surface area contributed by atoms with Crippen LogP contribution in [0, 0.1) is 32.1 Å². The molecule has 0 spiro atoms. The van der Waals surface area contributed by atoms with Gasteiger partial charge in [-0.1, -0.05) is 48.0 Å². The maximum absolute atomic E-state index is 12.7. The lowest BCUT2D eigenvalue weighted by Gasteiger charge is -2.14. The molecule has 2 aromatic carbocycles. The molecule has 0 unspecified atom stereocenters. The number of hydrogen-bond acceptors (Lipinski definition) is 4. The van der Waals surface area contributed by atoms with Gasteiger partial charge in [-0.15, -0.1) is 0 Å². The molecule has 146 valence electrons. The van der Waals surface area contributed by atoms with E-state index >= 15 is 0 Å². The van der Waals surface area contributed by atoms with Crippen LogP contribution in [0.3, 0.4) is 0 Å². The molecule has 29 heavy (non-hydrogen) atoms. The van der Waals surface area contributed by atoms with E-state index in [2.05, 4.69) is 4.99 Å². The Balaban J connectivity index is 2.03. The van der Waals surface area contributed by atoms with Gasteiger partial charge in [-0.25, -0.2) is 0 Å². The zero-order chi connectivity index (χ0) is 21.0. The lowest BCUT2D eigenvalue weighted by Crippen LogP contribution is -2.26. The molecule has 0 aliphatic rings.